The molecule has 0 atom stereocenters. The SMILES string of the molecule is CCCCCCn1c2ccc(Br)cc2c2cc3c(cc21)c1cc(C=O)ccc1n3CCCCCC. The van der Waals surface area contributed by atoms with Crippen LogP contribution < -0.4 is 0 Å². The summed E-state index contributed by atoms with van der Waals surface area (Å²) in [6.07, 6.45) is 10.9. The molecule has 0 N–H and O–H groups in total. The average molecular weight is 532 g/mol. The van der Waals surface area contributed by atoms with E-state index in [9.17, 15) is 4.79 Å². The molecule has 2 aromatic heterocycles. The van der Waals surface area contributed by atoms with E-state index in [4.69, 9.17) is 0 Å². The second-order valence-corrected chi connectivity index (χ2v) is 10.8. The summed E-state index contributed by atoms with van der Waals surface area (Å²) >= 11 is 3.71. The number of benzene rings is 3. The second-order valence-electron chi connectivity index (χ2n) is 9.87. The Balaban J connectivity index is 1.75. The summed E-state index contributed by atoms with van der Waals surface area (Å²) in [7, 11) is 0. The van der Waals surface area contributed by atoms with Crippen LogP contribution in [0, 0.1) is 0 Å². The van der Waals surface area contributed by atoms with E-state index in [2.05, 4.69) is 81.4 Å². The van der Waals surface area contributed by atoms with Gasteiger partial charge in [0, 0.05) is 66.7 Å². The number of aromatic nitrogens is 2. The van der Waals surface area contributed by atoms with Gasteiger partial charge in [0.1, 0.15) is 6.29 Å². The van der Waals surface area contributed by atoms with Crippen LogP contribution in [-0.4, -0.2) is 15.4 Å². The van der Waals surface area contributed by atoms with Crippen molar-refractivity contribution in [3.8, 4) is 0 Å². The van der Waals surface area contributed by atoms with Gasteiger partial charge >= 0.3 is 0 Å². The number of aldehydes is 1. The minimum Gasteiger partial charge on any atom is -0.340 e. The van der Waals surface area contributed by atoms with Gasteiger partial charge in [-0.2, -0.15) is 0 Å². The van der Waals surface area contributed by atoms with E-state index >= 15 is 0 Å². The van der Waals surface area contributed by atoms with E-state index in [1.54, 1.807) is 0 Å². The molecule has 0 bridgehead atoms. The molecule has 5 rings (SSSR count). The van der Waals surface area contributed by atoms with E-state index < -0.39 is 0 Å². The lowest BCUT2D eigenvalue weighted by Gasteiger charge is -2.09. The number of nitrogens with zero attached hydrogens (tertiary/aromatic N) is 2. The minimum absolute atomic E-state index is 0.742. The van der Waals surface area contributed by atoms with Crippen LogP contribution in [0.4, 0.5) is 0 Å². The molecule has 3 nitrogen and oxygen atoms in total. The Morgan fingerprint density at radius 2 is 1.14 bits per heavy atom. The molecule has 0 spiro atoms. The van der Waals surface area contributed by atoms with Crippen LogP contribution in [0.2, 0.25) is 0 Å². The van der Waals surface area contributed by atoms with Crippen molar-refractivity contribution >= 4 is 65.8 Å². The highest BCUT2D eigenvalue weighted by molar-refractivity contribution is 9.10. The minimum atomic E-state index is 0.742. The van der Waals surface area contributed by atoms with Crippen LogP contribution in [0.25, 0.3) is 43.6 Å². The Labute approximate surface area is 216 Å². The predicted octanol–water partition coefficient (Wildman–Crippen LogP) is 9.64. The third kappa shape index (κ3) is 4.53. The van der Waals surface area contributed by atoms with Crippen molar-refractivity contribution in [3.63, 3.8) is 0 Å². The fourth-order valence-corrected chi connectivity index (χ4v) is 5.99. The molecular formula is C31H35BrN2O. The Bertz CT molecular complexity index is 1510. The van der Waals surface area contributed by atoms with Crippen molar-refractivity contribution in [2.45, 2.75) is 78.3 Å². The molecule has 0 radical (unpaired) electrons. The molecule has 0 amide bonds. The molecule has 0 fully saturated rings. The molecule has 3 aromatic carbocycles. The van der Waals surface area contributed by atoms with E-state index in [1.165, 1.54) is 95.0 Å². The zero-order valence-corrected chi connectivity index (χ0v) is 22.5. The molecule has 182 valence electrons. The van der Waals surface area contributed by atoms with Crippen LogP contribution in [0.15, 0.2) is 53.0 Å². The first-order valence-electron chi connectivity index (χ1n) is 13.3. The highest BCUT2D eigenvalue weighted by atomic mass is 79.9. The number of fused-ring (bicyclic) bond motifs is 6. The van der Waals surface area contributed by atoms with Crippen molar-refractivity contribution in [1.82, 2.24) is 9.13 Å². The summed E-state index contributed by atoms with van der Waals surface area (Å²) < 4.78 is 6.11. The number of unbranched alkanes of at least 4 members (excludes halogenated alkanes) is 6. The largest absolute Gasteiger partial charge is 0.340 e. The summed E-state index contributed by atoms with van der Waals surface area (Å²) in [5.41, 5.74) is 5.85. The normalized spacial score (nSPS) is 12.0. The maximum Gasteiger partial charge on any atom is 0.150 e. The molecule has 0 unspecified atom stereocenters. The van der Waals surface area contributed by atoms with Gasteiger partial charge in [0.05, 0.1) is 0 Å². The van der Waals surface area contributed by atoms with Gasteiger partial charge in [-0.1, -0.05) is 68.3 Å². The number of hydrogen-bond donors (Lipinski definition) is 0. The van der Waals surface area contributed by atoms with Gasteiger partial charge in [-0.25, -0.2) is 0 Å². The number of hydrogen-bond acceptors (Lipinski definition) is 1. The molecule has 2 heterocycles. The highest BCUT2D eigenvalue weighted by Gasteiger charge is 2.17. The Kier molecular flexibility index (Phi) is 7.29. The quantitative estimate of drug-likeness (QED) is 0.123. The van der Waals surface area contributed by atoms with Crippen molar-refractivity contribution in [2.24, 2.45) is 0 Å². The fourth-order valence-electron chi connectivity index (χ4n) is 5.63. The average Bonchev–Trinajstić information content (AvgIpc) is 3.34. The van der Waals surface area contributed by atoms with Crippen LogP contribution >= 0.6 is 15.9 Å². The first kappa shape index (κ1) is 24.1. The second kappa shape index (κ2) is 10.6. The van der Waals surface area contributed by atoms with E-state index in [0.717, 1.165) is 29.4 Å². The Hall–Kier alpha value is -2.59. The first-order valence-corrected chi connectivity index (χ1v) is 14.1. The Morgan fingerprint density at radius 3 is 1.69 bits per heavy atom. The van der Waals surface area contributed by atoms with Crippen LogP contribution in [0.3, 0.4) is 0 Å². The third-order valence-electron chi connectivity index (χ3n) is 7.44. The summed E-state index contributed by atoms with van der Waals surface area (Å²) in [6, 6.07) is 17.6. The predicted molar refractivity (Wildman–Crippen MR) is 154 cm³/mol. The summed E-state index contributed by atoms with van der Waals surface area (Å²) in [6.45, 7) is 6.56. The molecule has 35 heavy (non-hydrogen) atoms. The van der Waals surface area contributed by atoms with Crippen molar-refractivity contribution in [3.05, 3.63) is 58.6 Å². The van der Waals surface area contributed by atoms with Crippen LogP contribution in [0.1, 0.15) is 75.6 Å². The number of rotatable bonds is 11. The number of aryl methyl sites for hydroxylation is 2. The summed E-state index contributed by atoms with van der Waals surface area (Å²) in [4.78, 5) is 11.6. The highest BCUT2D eigenvalue weighted by Crippen LogP contribution is 2.38. The number of carbonyl (C=O) groups is 1. The summed E-state index contributed by atoms with van der Waals surface area (Å²) in [5.74, 6) is 0. The maximum atomic E-state index is 11.6. The van der Waals surface area contributed by atoms with Crippen molar-refractivity contribution in [2.75, 3.05) is 0 Å². The van der Waals surface area contributed by atoms with Gasteiger partial charge < -0.3 is 9.13 Å². The van der Waals surface area contributed by atoms with Crippen LogP contribution in [0.5, 0.6) is 0 Å². The third-order valence-corrected chi connectivity index (χ3v) is 7.94. The van der Waals surface area contributed by atoms with Gasteiger partial charge in [-0.05, 0) is 61.4 Å². The van der Waals surface area contributed by atoms with Crippen molar-refractivity contribution in [1.29, 1.82) is 0 Å². The van der Waals surface area contributed by atoms with Gasteiger partial charge in [0.25, 0.3) is 0 Å². The monoisotopic (exact) mass is 530 g/mol. The van der Waals surface area contributed by atoms with Crippen LogP contribution in [-0.2, 0) is 13.1 Å². The first-order chi connectivity index (χ1) is 17.2. The number of halogens is 1. The molecule has 0 saturated carbocycles. The molecule has 0 aliphatic rings. The topological polar surface area (TPSA) is 26.9 Å². The molecule has 4 heteroatoms. The van der Waals surface area contributed by atoms with Gasteiger partial charge in [0.2, 0.25) is 0 Å². The zero-order chi connectivity index (χ0) is 24.4. The number of carbonyl (C=O) groups excluding carboxylic acids is 1. The standard InChI is InChI=1S/C31H35BrN2O/c1-3-5-7-9-15-33-28-13-11-22(21-35)17-24(28)26-19-31-27(20-30(26)33)25-18-23(32)12-14-29(25)34(31)16-10-8-6-4-2/h11-14,17-21H,3-10,15-16H2,1-2H3. The van der Waals surface area contributed by atoms with E-state index in [-0.39, 0.29) is 0 Å². The zero-order valence-electron chi connectivity index (χ0n) is 20.9. The van der Waals surface area contributed by atoms with Gasteiger partial charge in [0.15, 0.2) is 0 Å². The Morgan fingerprint density at radius 1 is 0.629 bits per heavy atom. The molecule has 0 saturated heterocycles. The molecule has 0 aliphatic carbocycles. The molecule has 0 aliphatic heterocycles. The lowest BCUT2D eigenvalue weighted by atomic mass is 10.1. The summed E-state index contributed by atoms with van der Waals surface area (Å²) in [5, 5.41) is 5.06. The lowest BCUT2D eigenvalue weighted by Crippen LogP contribution is -1.99. The van der Waals surface area contributed by atoms with Gasteiger partial charge in [-0.15, -0.1) is 0 Å². The van der Waals surface area contributed by atoms with E-state index in [0.29, 0.717) is 0 Å². The smallest absolute Gasteiger partial charge is 0.150 e. The van der Waals surface area contributed by atoms with E-state index in [1.807, 2.05) is 6.07 Å². The molecular weight excluding hydrogens is 496 g/mol. The molecule has 5 aromatic rings. The fraction of sp³-hybridized carbons (Fsp3) is 0.387. The lowest BCUT2D eigenvalue weighted by molar-refractivity contribution is 0.112. The maximum absolute atomic E-state index is 11.6. The van der Waals surface area contributed by atoms with Gasteiger partial charge in [-0.3, -0.25) is 4.79 Å². The van der Waals surface area contributed by atoms with Crippen molar-refractivity contribution < 1.29 is 4.79 Å².